The quantitative estimate of drug-likeness (QED) is 0.316. The van der Waals surface area contributed by atoms with Gasteiger partial charge in [-0.1, -0.05) is 91.6 Å². The Morgan fingerprint density at radius 2 is 1.53 bits per heavy atom. The molecule has 0 spiro atoms. The molecule has 0 bridgehead atoms. The third-order valence-corrected chi connectivity index (χ3v) is 8.46. The number of allylic oxidation sites excluding steroid dienone is 7. The molecule has 0 radical (unpaired) electrons. The van der Waals surface area contributed by atoms with Crippen molar-refractivity contribution in [2.45, 2.75) is 45.7 Å². The van der Waals surface area contributed by atoms with Crippen LogP contribution in [-0.2, 0) is 26.2 Å². The van der Waals surface area contributed by atoms with Crippen LogP contribution in [0.5, 0.6) is 0 Å². The van der Waals surface area contributed by atoms with Gasteiger partial charge < -0.3 is 9.03 Å². The van der Waals surface area contributed by atoms with Crippen LogP contribution in [0.2, 0.25) is 6.04 Å². The van der Waals surface area contributed by atoms with E-state index in [0.717, 1.165) is 12.0 Å². The number of benzene rings is 2. The van der Waals surface area contributed by atoms with Gasteiger partial charge in [-0.3, -0.25) is 0 Å². The summed E-state index contributed by atoms with van der Waals surface area (Å²) >= 11 is 0. The summed E-state index contributed by atoms with van der Waals surface area (Å²) in [7, 11) is 0.124. The molecule has 4 heteroatoms. The van der Waals surface area contributed by atoms with Crippen molar-refractivity contribution in [3.63, 3.8) is 0 Å². The first-order valence-electron chi connectivity index (χ1n) is 11.5. The Kier molecular flexibility index (Phi) is 9.75. The molecule has 2 nitrogen and oxygen atoms in total. The van der Waals surface area contributed by atoms with Crippen LogP contribution in [0.4, 0.5) is 0 Å². The van der Waals surface area contributed by atoms with Crippen LogP contribution in [0, 0.1) is 0 Å². The molecule has 2 aromatic carbocycles. The molecule has 0 N–H and O–H groups in total. The Bertz CT molecular complexity index is 1180. The van der Waals surface area contributed by atoms with Gasteiger partial charge in [-0.25, -0.2) is 0 Å². The Balaban J connectivity index is 0.000000619. The Morgan fingerprint density at radius 1 is 1.00 bits per heavy atom. The average Bonchev–Trinajstić information content (AvgIpc) is 3.18. The van der Waals surface area contributed by atoms with E-state index in [1.165, 1.54) is 39.0 Å². The Morgan fingerprint density at radius 3 is 2.03 bits per heavy atom. The molecule has 0 amide bonds. The van der Waals surface area contributed by atoms with Crippen LogP contribution in [0.15, 0.2) is 91.6 Å². The second kappa shape index (κ2) is 11.9. The van der Waals surface area contributed by atoms with Crippen LogP contribution in [0.25, 0.3) is 16.7 Å². The third kappa shape index (κ3) is 6.02. The van der Waals surface area contributed by atoms with Crippen molar-refractivity contribution >= 4 is 25.6 Å². The summed E-state index contributed by atoms with van der Waals surface area (Å²) in [5, 5.41) is 0. The molecule has 0 unspecified atom stereocenters. The number of nitrogens with zero attached hydrogens (tertiary/aromatic N) is 1. The molecule has 0 heterocycles. The smallest absolute Gasteiger partial charge is 0.375 e. The van der Waals surface area contributed by atoms with Gasteiger partial charge in [0.25, 0.3) is 0 Å². The van der Waals surface area contributed by atoms with E-state index in [1.54, 1.807) is 6.08 Å². The van der Waals surface area contributed by atoms with E-state index in [4.69, 9.17) is 0 Å². The van der Waals surface area contributed by atoms with Crippen LogP contribution in [0.3, 0.4) is 0 Å². The van der Waals surface area contributed by atoms with Gasteiger partial charge in [0.2, 0.25) is 0 Å². The van der Waals surface area contributed by atoms with Crippen molar-refractivity contribution < 1.29 is 26.2 Å². The van der Waals surface area contributed by atoms with Crippen LogP contribution in [0.1, 0.15) is 56.4 Å². The fourth-order valence-corrected chi connectivity index (χ4v) is 5.82. The molecule has 2 aliphatic rings. The fourth-order valence-electron chi connectivity index (χ4n) is 4.22. The third-order valence-electron chi connectivity index (χ3n) is 6.28. The van der Waals surface area contributed by atoms with Gasteiger partial charge in [-0.2, -0.15) is 0 Å². The summed E-state index contributed by atoms with van der Waals surface area (Å²) in [6.45, 7) is 16.2. The van der Waals surface area contributed by atoms with Crippen LogP contribution >= 0.6 is 0 Å². The zero-order valence-corrected chi connectivity index (χ0v) is 23.7. The van der Waals surface area contributed by atoms with Crippen LogP contribution in [-0.4, -0.2) is 26.0 Å². The molecular formula is C30H35NOSiTi+2. The zero-order valence-electron chi connectivity index (χ0n) is 21.1. The molecule has 172 valence electrons. The standard InChI is InChI=1S/C25H27NOSi.C5H8.Ti/c1-17-19-10-6-8-12-21(19)23-14-18(16-28(27)26(5)25(2,3)4)15-24(23)22-13-9-7-11-20(17)22;1-3-5-4-2;/h6-14H,1,15-16H2,2-5H3;3-5H,1H2,2H3;/q;;+2. The number of rotatable bonds is 4. The first-order valence-corrected chi connectivity index (χ1v) is 13.1. The SMILES string of the molecule is C=C1c2ccccc2C2=C(CC(C[Si](=O)N(C)C(C)(C)C)=C2)c2ccccc21.C=CC=CC.[Ti+2]. The molecule has 0 aromatic heterocycles. The monoisotopic (exact) mass is 501 g/mol. The van der Waals surface area contributed by atoms with E-state index in [1.807, 2.05) is 30.7 Å². The Labute approximate surface area is 222 Å². The predicted octanol–water partition coefficient (Wildman–Crippen LogP) is 7.70. The number of hydrogen-bond acceptors (Lipinski definition) is 1. The van der Waals surface area contributed by atoms with Crippen molar-refractivity contribution in [3.8, 4) is 0 Å². The van der Waals surface area contributed by atoms with Gasteiger partial charge in [0.1, 0.15) is 0 Å². The van der Waals surface area contributed by atoms with E-state index in [2.05, 4.69) is 88.5 Å². The number of fused-ring (bicyclic) bond motifs is 4. The summed E-state index contributed by atoms with van der Waals surface area (Å²) in [5.41, 5.74) is 9.75. The maximum Gasteiger partial charge on any atom is 2.00 e. The van der Waals surface area contributed by atoms with Crippen molar-refractivity contribution in [2.24, 2.45) is 0 Å². The van der Waals surface area contributed by atoms with E-state index in [0.29, 0.717) is 6.04 Å². The fraction of sp³-hybridized carbons (Fsp3) is 0.267. The summed E-state index contributed by atoms with van der Waals surface area (Å²) in [5.74, 6) is 0. The molecule has 4 rings (SSSR count). The van der Waals surface area contributed by atoms with Gasteiger partial charge >= 0.3 is 30.6 Å². The van der Waals surface area contributed by atoms with Gasteiger partial charge in [0.05, 0.1) is 0 Å². The maximum atomic E-state index is 13.0. The van der Waals surface area contributed by atoms with Crippen molar-refractivity contribution in [2.75, 3.05) is 7.05 Å². The minimum absolute atomic E-state index is 0. The predicted molar refractivity (Wildman–Crippen MR) is 144 cm³/mol. The second-order valence-electron chi connectivity index (χ2n) is 9.50. The first kappa shape index (κ1) is 27.9. The largest absolute Gasteiger partial charge is 2.00 e. The number of hydrogen-bond donors (Lipinski definition) is 0. The van der Waals surface area contributed by atoms with E-state index in [-0.39, 0.29) is 27.3 Å². The summed E-state index contributed by atoms with van der Waals surface area (Å²) < 4.78 is 15.0. The van der Waals surface area contributed by atoms with Crippen molar-refractivity contribution in [1.82, 2.24) is 4.57 Å². The molecule has 2 aliphatic carbocycles. The molecular weight excluding hydrogens is 466 g/mol. The second-order valence-corrected chi connectivity index (χ2v) is 11.3. The molecule has 0 fully saturated rings. The van der Waals surface area contributed by atoms with Gasteiger partial charge in [-0.15, -0.1) is 0 Å². The summed E-state index contributed by atoms with van der Waals surface area (Å²) in [6.07, 6.45) is 8.72. The molecule has 0 aliphatic heterocycles. The first-order chi connectivity index (χ1) is 15.7. The molecule has 0 atom stereocenters. The summed E-state index contributed by atoms with van der Waals surface area (Å²) in [4.78, 5) is 0. The molecule has 0 saturated heterocycles. The maximum absolute atomic E-state index is 13.0. The van der Waals surface area contributed by atoms with Crippen LogP contribution < -0.4 is 0 Å². The van der Waals surface area contributed by atoms with Gasteiger partial charge in [0.15, 0.2) is 0 Å². The topological polar surface area (TPSA) is 20.3 Å². The zero-order chi connectivity index (χ0) is 24.2. The average molecular weight is 502 g/mol. The minimum Gasteiger partial charge on any atom is -0.375 e. The molecule has 2 aromatic rings. The van der Waals surface area contributed by atoms with E-state index >= 15 is 0 Å². The molecule has 34 heavy (non-hydrogen) atoms. The molecule has 0 saturated carbocycles. The van der Waals surface area contributed by atoms with Gasteiger partial charge in [-0.05, 0) is 73.1 Å². The van der Waals surface area contributed by atoms with E-state index in [9.17, 15) is 4.46 Å². The Hall–Kier alpha value is -2.33. The normalized spacial score (nSPS) is 14.0. The van der Waals surface area contributed by atoms with E-state index < -0.39 is 8.84 Å². The van der Waals surface area contributed by atoms with Crippen molar-refractivity contribution in [1.29, 1.82) is 0 Å². The van der Waals surface area contributed by atoms with Gasteiger partial charge in [0, 0.05) is 18.6 Å². The summed E-state index contributed by atoms with van der Waals surface area (Å²) in [6, 6.07) is 17.7. The van der Waals surface area contributed by atoms with Crippen molar-refractivity contribution in [3.05, 3.63) is 114 Å². The minimum atomic E-state index is -1.85.